The van der Waals surface area contributed by atoms with Gasteiger partial charge in [0.15, 0.2) is 0 Å². The normalized spacial score (nSPS) is 9.92. The minimum Gasteiger partial charge on any atom is -0.396 e. The summed E-state index contributed by atoms with van der Waals surface area (Å²) in [7, 11) is 0. The van der Waals surface area contributed by atoms with E-state index in [0.29, 0.717) is 24.9 Å². The molecule has 0 bridgehead atoms. The van der Waals surface area contributed by atoms with Gasteiger partial charge >= 0.3 is 0 Å². The number of hydrogen-bond acceptors (Lipinski definition) is 3. The second-order valence-electron chi connectivity index (χ2n) is 2.72. The Morgan fingerprint density at radius 2 is 2.46 bits per heavy atom. The zero-order chi connectivity index (χ0) is 9.52. The van der Waals surface area contributed by atoms with E-state index >= 15 is 0 Å². The van der Waals surface area contributed by atoms with Gasteiger partial charge in [-0.3, -0.25) is 9.89 Å². The number of carbonyl (C=O) groups is 1. The molecule has 1 rings (SSSR count). The molecule has 1 aromatic heterocycles. The number of carbonyl (C=O) groups excluding carboxylic acids is 1. The zero-order valence-corrected chi connectivity index (χ0v) is 7.29. The fraction of sp³-hybridized carbons (Fsp3) is 0.500. The monoisotopic (exact) mass is 183 g/mol. The fourth-order valence-corrected chi connectivity index (χ4v) is 0.940. The first-order chi connectivity index (χ1) is 6.33. The average Bonchev–Trinajstić information content (AvgIpc) is 2.57. The van der Waals surface area contributed by atoms with Crippen molar-refractivity contribution >= 4 is 11.6 Å². The van der Waals surface area contributed by atoms with Crippen molar-refractivity contribution in [3.05, 3.63) is 12.4 Å². The summed E-state index contributed by atoms with van der Waals surface area (Å²) in [5.74, 6) is -0.0464. The number of aromatic amines is 1. The van der Waals surface area contributed by atoms with Gasteiger partial charge in [0, 0.05) is 19.2 Å². The highest BCUT2D eigenvalue weighted by Crippen LogP contribution is 2.03. The number of aliphatic hydroxyl groups excluding tert-OH is 1. The van der Waals surface area contributed by atoms with E-state index in [0.717, 1.165) is 0 Å². The smallest absolute Gasteiger partial charge is 0.224 e. The van der Waals surface area contributed by atoms with E-state index in [9.17, 15) is 4.79 Å². The number of aliphatic hydroxyl groups is 1. The van der Waals surface area contributed by atoms with Crippen LogP contribution in [0.2, 0.25) is 0 Å². The van der Waals surface area contributed by atoms with Gasteiger partial charge in [-0.15, -0.1) is 0 Å². The number of rotatable bonds is 5. The first-order valence-electron chi connectivity index (χ1n) is 4.22. The summed E-state index contributed by atoms with van der Waals surface area (Å²) in [6.45, 7) is 0.138. The number of aromatic nitrogens is 2. The van der Waals surface area contributed by atoms with Crippen molar-refractivity contribution in [3.63, 3.8) is 0 Å². The number of amides is 1. The summed E-state index contributed by atoms with van der Waals surface area (Å²) >= 11 is 0. The Morgan fingerprint density at radius 3 is 3.08 bits per heavy atom. The Bertz CT molecular complexity index is 246. The minimum atomic E-state index is -0.0464. The summed E-state index contributed by atoms with van der Waals surface area (Å²) in [6, 6.07) is 0. The van der Waals surface area contributed by atoms with Gasteiger partial charge in [0.25, 0.3) is 0 Å². The van der Waals surface area contributed by atoms with Gasteiger partial charge in [-0.25, -0.2) is 0 Å². The highest BCUT2D eigenvalue weighted by atomic mass is 16.2. The molecular formula is C8H13N3O2. The molecule has 1 amide bonds. The lowest BCUT2D eigenvalue weighted by molar-refractivity contribution is -0.116. The molecule has 3 N–H and O–H groups in total. The van der Waals surface area contributed by atoms with E-state index in [1.165, 1.54) is 0 Å². The van der Waals surface area contributed by atoms with Gasteiger partial charge in [0.1, 0.15) is 0 Å². The maximum atomic E-state index is 11.2. The van der Waals surface area contributed by atoms with Crippen molar-refractivity contribution < 1.29 is 9.90 Å². The topological polar surface area (TPSA) is 78.0 Å². The Morgan fingerprint density at radius 1 is 1.62 bits per heavy atom. The third-order valence-electron chi connectivity index (χ3n) is 1.59. The number of nitrogens with one attached hydrogen (secondary N) is 2. The number of anilines is 1. The van der Waals surface area contributed by atoms with Gasteiger partial charge < -0.3 is 10.4 Å². The van der Waals surface area contributed by atoms with Crippen LogP contribution in [0, 0.1) is 0 Å². The summed E-state index contributed by atoms with van der Waals surface area (Å²) in [6.07, 6.45) is 4.97. The van der Waals surface area contributed by atoms with Crippen LogP contribution in [0.1, 0.15) is 19.3 Å². The van der Waals surface area contributed by atoms with E-state index in [2.05, 4.69) is 15.5 Å². The standard InChI is InChI=1S/C8H13N3O2/c12-4-2-1-3-8(13)11-7-5-9-10-6-7/h5-6,12H,1-4H2,(H,9,10)(H,11,13). The molecule has 72 valence electrons. The molecular weight excluding hydrogens is 170 g/mol. The van der Waals surface area contributed by atoms with Gasteiger partial charge in [-0.1, -0.05) is 0 Å². The molecule has 5 heteroatoms. The zero-order valence-electron chi connectivity index (χ0n) is 7.29. The molecule has 0 spiro atoms. The number of H-pyrrole nitrogens is 1. The Kier molecular flexibility index (Phi) is 3.98. The average molecular weight is 183 g/mol. The fourth-order valence-electron chi connectivity index (χ4n) is 0.940. The van der Waals surface area contributed by atoms with Crippen molar-refractivity contribution in [2.45, 2.75) is 19.3 Å². The molecule has 0 saturated carbocycles. The second-order valence-corrected chi connectivity index (χ2v) is 2.72. The lowest BCUT2D eigenvalue weighted by atomic mass is 10.2. The van der Waals surface area contributed by atoms with Crippen molar-refractivity contribution in [1.29, 1.82) is 0 Å². The molecule has 0 unspecified atom stereocenters. The van der Waals surface area contributed by atoms with Crippen LogP contribution in [0.3, 0.4) is 0 Å². The molecule has 0 radical (unpaired) electrons. The summed E-state index contributed by atoms with van der Waals surface area (Å²) in [4.78, 5) is 11.2. The van der Waals surface area contributed by atoms with E-state index in [4.69, 9.17) is 5.11 Å². The Balaban J connectivity index is 2.18. The molecule has 0 atom stereocenters. The molecule has 1 aromatic rings. The van der Waals surface area contributed by atoms with E-state index < -0.39 is 0 Å². The third kappa shape index (κ3) is 3.71. The molecule has 1 heterocycles. The second kappa shape index (κ2) is 5.31. The maximum absolute atomic E-state index is 11.2. The molecule has 0 aliphatic heterocycles. The predicted octanol–water partition coefficient (Wildman–Crippen LogP) is 0.511. The van der Waals surface area contributed by atoms with Crippen molar-refractivity contribution in [2.75, 3.05) is 11.9 Å². The summed E-state index contributed by atoms with van der Waals surface area (Å²) in [5.41, 5.74) is 0.675. The van der Waals surface area contributed by atoms with E-state index in [1.807, 2.05) is 0 Å². The van der Waals surface area contributed by atoms with Crippen molar-refractivity contribution in [1.82, 2.24) is 10.2 Å². The number of hydrogen-bond donors (Lipinski definition) is 3. The predicted molar refractivity (Wildman–Crippen MR) is 48.2 cm³/mol. The molecule has 0 aliphatic carbocycles. The molecule has 13 heavy (non-hydrogen) atoms. The SMILES string of the molecule is O=C(CCCCO)Nc1cn[nH]c1. The molecule has 0 aliphatic rings. The molecule has 0 aromatic carbocycles. The van der Waals surface area contributed by atoms with Crippen molar-refractivity contribution in [2.24, 2.45) is 0 Å². The Labute approximate surface area is 76.2 Å². The van der Waals surface area contributed by atoms with Crippen molar-refractivity contribution in [3.8, 4) is 0 Å². The largest absolute Gasteiger partial charge is 0.396 e. The van der Waals surface area contributed by atoms with Crippen LogP contribution in [0.4, 0.5) is 5.69 Å². The number of unbranched alkanes of at least 4 members (excludes halogenated alkanes) is 1. The lowest BCUT2D eigenvalue weighted by Gasteiger charge is -2.00. The van der Waals surface area contributed by atoms with Gasteiger partial charge in [0.05, 0.1) is 11.9 Å². The van der Waals surface area contributed by atoms with Crippen LogP contribution in [0.5, 0.6) is 0 Å². The molecule has 0 saturated heterocycles. The number of nitrogens with zero attached hydrogens (tertiary/aromatic N) is 1. The van der Waals surface area contributed by atoms with E-state index in [-0.39, 0.29) is 12.5 Å². The first kappa shape index (κ1) is 9.73. The molecule has 5 nitrogen and oxygen atoms in total. The summed E-state index contributed by atoms with van der Waals surface area (Å²) in [5, 5.41) is 17.4. The van der Waals surface area contributed by atoms with Crippen LogP contribution in [-0.2, 0) is 4.79 Å². The molecule has 0 fully saturated rings. The van der Waals surface area contributed by atoms with Crippen LogP contribution in [0.25, 0.3) is 0 Å². The van der Waals surface area contributed by atoms with Crippen LogP contribution < -0.4 is 5.32 Å². The van der Waals surface area contributed by atoms with Gasteiger partial charge in [-0.05, 0) is 12.8 Å². The van der Waals surface area contributed by atoms with Gasteiger partial charge in [-0.2, -0.15) is 5.10 Å². The van der Waals surface area contributed by atoms with Gasteiger partial charge in [0.2, 0.25) is 5.91 Å². The lowest BCUT2D eigenvalue weighted by Crippen LogP contribution is -2.10. The Hall–Kier alpha value is -1.36. The highest BCUT2D eigenvalue weighted by Gasteiger charge is 2.01. The first-order valence-corrected chi connectivity index (χ1v) is 4.22. The highest BCUT2D eigenvalue weighted by molar-refractivity contribution is 5.90. The quantitative estimate of drug-likeness (QED) is 0.582. The maximum Gasteiger partial charge on any atom is 0.224 e. The third-order valence-corrected chi connectivity index (χ3v) is 1.59. The van der Waals surface area contributed by atoms with Crippen LogP contribution in [0.15, 0.2) is 12.4 Å². The van der Waals surface area contributed by atoms with E-state index in [1.54, 1.807) is 12.4 Å². The minimum absolute atomic E-state index is 0.0464. The van der Waals surface area contributed by atoms with Crippen LogP contribution in [-0.4, -0.2) is 27.8 Å². The van der Waals surface area contributed by atoms with Crippen LogP contribution >= 0.6 is 0 Å². The summed E-state index contributed by atoms with van der Waals surface area (Å²) < 4.78 is 0.